The van der Waals surface area contributed by atoms with Crippen LogP contribution in [-0.2, 0) is 21.4 Å². The second-order valence-corrected chi connectivity index (χ2v) is 12.8. The predicted molar refractivity (Wildman–Crippen MR) is 156 cm³/mol. The van der Waals surface area contributed by atoms with Gasteiger partial charge in [-0.25, -0.2) is 0 Å². The van der Waals surface area contributed by atoms with Crippen molar-refractivity contribution in [2.24, 2.45) is 11.3 Å². The lowest BCUT2D eigenvalue weighted by Gasteiger charge is -2.56. The molecular weight excluding hydrogens is 468 g/mol. The van der Waals surface area contributed by atoms with Crippen molar-refractivity contribution < 1.29 is 9.59 Å². The Balaban J connectivity index is 1.48. The number of benzene rings is 2. The van der Waals surface area contributed by atoms with Crippen LogP contribution >= 0.6 is 0 Å². The smallest absolute Gasteiger partial charge is 0.219 e. The van der Waals surface area contributed by atoms with E-state index >= 15 is 0 Å². The number of fused-ring (bicyclic) bond motifs is 3. The Hall–Kier alpha value is -2.62. The molecule has 2 aliphatic carbocycles. The van der Waals surface area contributed by atoms with Crippen molar-refractivity contribution in [2.45, 2.75) is 104 Å². The molecule has 0 heterocycles. The van der Waals surface area contributed by atoms with Gasteiger partial charge in [0.25, 0.3) is 0 Å². The first-order valence-electron chi connectivity index (χ1n) is 14.7. The van der Waals surface area contributed by atoms with Gasteiger partial charge in [-0.3, -0.25) is 9.59 Å². The summed E-state index contributed by atoms with van der Waals surface area (Å²) < 4.78 is 0. The number of hydrogen-bond acceptors (Lipinski definition) is 2. The van der Waals surface area contributed by atoms with Gasteiger partial charge in [0.15, 0.2) is 0 Å². The van der Waals surface area contributed by atoms with Gasteiger partial charge in [-0.2, -0.15) is 0 Å². The molecule has 0 aromatic heterocycles. The molecule has 2 amide bonds. The second-order valence-electron chi connectivity index (χ2n) is 12.8. The monoisotopic (exact) mass is 516 g/mol. The number of aryl methyl sites for hydroxylation is 1. The van der Waals surface area contributed by atoms with E-state index in [4.69, 9.17) is 0 Å². The van der Waals surface area contributed by atoms with E-state index in [0.29, 0.717) is 11.8 Å². The van der Waals surface area contributed by atoms with Gasteiger partial charge in [0, 0.05) is 26.9 Å². The summed E-state index contributed by atoms with van der Waals surface area (Å²) in [5.74, 6) is 1.26. The van der Waals surface area contributed by atoms with E-state index in [-0.39, 0.29) is 28.7 Å². The van der Waals surface area contributed by atoms with Crippen molar-refractivity contribution in [2.75, 3.05) is 13.1 Å². The van der Waals surface area contributed by atoms with Crippen molar-refractivity contribution in [3.8, 4) is 0 Å². The maximum atomic E-state index is 12.9. The number of carbonyl (C=O) groups is 2. The summed E-state index contributed by atoms with van der Waals surface area (Å²) in [5.41, 5.74) is 5.94. The van der Waals surface area contributed by atoms with Gasteiger partial charge in [0.2, 0.25) is 11.8 Å². The highest BCUT2D eigenvalue weighted by atomic mass is 16.2. The topological polar surface area (TPSA) is 49.4 Å². The predicted octanol–water partition coefficient (Wildman–Crippen LogP) is 7.33. The minimum Gasteiger partial charge on any atom is -0.350 e. The van der Waals surface area contributed by atoms with Crippen LogP contribution in [0.4, 0.5) is 0 Å². The largest absolute Gasteiger partial charge is 0.350 e. The zero-order valence-electron chi connectivity index (χ0n) is 24.5. The van der Waals surface area contributed by atoms with Gasteiger partial charge in [0.1, 0.15) is 0 Å². The summed E-state index contributed by atoms with van der Waals surface area (Å²) in [6.45, 7) is 14.3. The average Bonchev–Trinajstić information content (AvgIpc) is 2.87. The SMILES string of the molecule is CC(=O)NC(CCCN(CC1(C)CCCC2(C)c3ccc(C(C)C)cc3CCC12)C(C)=O)c1ccccc1. The lowest BCUT2D eigenvalue weighted by atomic mass is 9.49. The Morgan fingerprint density at radius 2 is 1.76 bits per heavy atom. The first kappa shape index (κ1) is 28.4. The van der Waals surface area contributed by atoms with Gasteiger partial charge < -0.3 is 10.2 Å². The fourth-order valence-corrected chi connectivity index (χ4v) is 7.72. The minimum atomic E-state index is -0.0263. The molecule has 2 aliphatic rings. The van der Waals surface area contributed by atoms with E-state index in [0.717, 1.165) is 37.9 Å². The van der Waals surface area contributed by atoms with Gasteiger partial charge >= 0.3 is 0 Å². The molecule has 0 radical (unpaired) electrons. The molecule has 4 atom stereocenters. The van der Waals surface area contributed by atoms with Crippen LogP contribution in [-0.4, -0.2) is 29.8 Å². The van der Waals surface area contributed by atoms with Gasteiger partial charge in [-0.1, -0.05) is 82.6 Å². The number of nitrogens with zero attached hydrogens (tertiary/aromatic N) is 1. The highest BCUT2D eigenvalue weighted by Crippen LogP contribution is 2.57. The van der Waals surface area contributed by atoms with E-state index < -0.39 is 0 Å². The van der Waals surface area contributed by atoms with E-state index in [1.165, 1.54) is 31.2 Å². The Kier molecular flexibility index (Phi) is 8.69. The Labute approximate surface area is 230 Å². The summed E-state index contributed by atoms with van der Waals surface area (Å²) >= 11 is 0. The number of rotatable bonds is 9. The zero-order chi connectivity index (χ0) is 27.5. The molecule has 2 aromatic carbocycles. The van der Waals surface area contributed by atoms with Crippen LogP contribution in [0.25, 0.3) is 0 Å². The summed E-state index contributed by atoms with van der Waals surface area (Å²) in [5, 5.41) is 3.11. The van der Waals surface area contributed by atoms with Crippen molar-refractivity contribution in [1.29, 1.82) is 0 Å². The number of amides is 2. The highest BCUT2D eigenvalue weighted by molar-refractivity contribution is 5.73. The molecule has 4 unspecified atom stereocenters. The number of carbonyl (C=O) groups excluding carboxylic acids is 2. The zero-order valence-corrected chi connectivity index (χ0v) is 24.5. The normalized spacial score (nSPS) is 25.3. The average molecular weight is 517 g/mol. The molecule has 0 bridgehead atoms. The van der Waals surface area contributed by atoms with Crippen LogP contribution in [0.2, 0.25) is 0 Å². The van der Waals surface area contributed by atoms with Crippen LogP contribution < -0.4 is 5.32 Å². The lowest BCUT2D eigenvalue weighted by molar-refractivity contribution is -0.132. The van der Waals surface area contributed by atoms with Gasteiger partial charge in [-0.15, -0.1) is 0 Å². The third kappa shape index (κ3) is 6.00. The maximum absolute atomic E-state index is 12.9. The third-order valence-electron chi connectivity index (χ3n) is 9.67. The molecule has 0 saturated heterocycles. The molecule has 1 saturated carbocycles. The van der Waals surface area contributed by atoms with Gasteiger partial charge in [0.05, 0.1) is 6.04 Å². The van der Waals surface area contributed by atoms with Crippen LogP contribution in [0.1, 0.15) is 114 Å². The number of nitrogens with one attached hydrogen (secondary N) is 1. The van der Waals surface area contributed by atoms with Crippen LogP contribution in [0.3, 0.4) is 0 Å². The lowest BCUT2D eigenvalue weighted by Crippen LogP contribution is -2.54. The number of hydrogen-bond donors (Lipinski definition) is 1. The standard InChI is InChI=1S/C34H48N2O2/c1-24(2)28-15-17-30-29(22-28)16-18-32-33(5,19-11-20-34(30,32)6)23-36(26(4)38)21-10-14-31(35-25(3)37)27-12-8-7-9-13-27/h7-9,12-13,15,17,22,24,31-32H,10-11,14,16,18-21,23H2,1-6H3,(H,35,37). The molecule has 1 N–H and O–H groups in total. The van der Waals surface area contributed by atoms with Gasteiger partial charge in [-0.05, 0) is 83.4 Å². The molecule has 0 spiro atoms. The third-order valence-corrected chi connectivity index (χ3v) is 9.67. The Morgan fingerprint density at radius 1 is 1.03 bits per heavy atom. The summed E-state index contributed by atoms with van der Waals surface area (Å²) in [6.07, 6.45) is 7.63. The van der Waals surface area contributed by atoms with E-state index in [9.17, 15) is 9.59 Å². The van der Waals surface area contributed by atoms with E-state index in [1.54, 1.807) is 25.0 Å². The van der Waals surface area contributed by atoms with Crippen LogP contribution in [0.5, 0.6) is 0 Å². The van der Waals surface area contributed by atoms with Crippen molar-refractivity contribution in [3.63, 3.8) is 0 Å². The van der Waals surface area contributed by atoms with Crippen molar-refractivity contribution in [1.82, 2.24) is 10.2 Å². The first-order valence-corrected chi connectivity index (χ1v) is 14.7. The second kappa shape index (κ2) is 11.6. The molecule has 2 aromatic rings. The molecular formula is C34H48N2O2. The molecule has 4 heteroatoms. The van der Waals surface area contributed by atoms with Crippen molar-refractivity contribution >= 4 is 11.8 Å². The molecule has 4 rings (SSSR count). The quantitative estimate of drug-likeness (QED) is 0.379. The maximum Gasteiger partial charge on any atom is 0.219 e. The van der Waals surface area contributed by atoms with E-state index in [2.05, 4.69) is 68.2 Å². The molecule has 206 valence electrons. The summed E-state index contributed by atoms with van der Waals surface area (Å²) in [7, 11) is 0. The highest BCUT2D eigenvalue weighted by Gasteiger charge is 2.52. The Bertz CT molecular complexity index is 1130. The van der Waals surface area contributed by atoms with E-state index in [1.807, 2.05) is 18.2 Å². The first-order chi connectivity index (χ1) is 18.0. The fraction of sp³-hybridized carbons (Fsp3) is 0.588. The van der Waals surface area contributed by atoms with Crippen LogP contribution in [0, 0.1) is 11.3 Å². The molecule has 1 fully saturated rings. The Morgan fingerprint density at radius 3 is 2.42 bits per heavy atom. The molecule has 0 aliphatic heterocycles. The fourth-order valence-electron chi connectivity index (χ4n) is 7.72. The minimum absolute atomic E-state index is 0.0191. The van der Waals surface area contributed by atoms with Crippen LogP contribution in [0.15, 0.2) is 48.5 Å². The molecule has 4 nitrogen and oxygen atoms in total. The summed E-state index contributed by atoms with van der Waals surface area (Å²) in [6, 6.07) is 17.4. The molecule has 38 heavy (non-hydrogen) atoms. The summed E-state index contributed by atoms with van der Waals surface area (Å²) in [4.78, 5) is 26.8. The van der Waals surface area contributed by atoms with Crippen molar-refractivity contribution in [3.05, 3.63) is 70.8 Å².